The van der Waals surface area contributed by atoms with Gasteiger partial charge in [-0.2, -0.15) is 0 Å². The van der Waals surface area contributed by atoms with Gasteiger partial charge in [-0.15, -0.1) is 0 Å². The molecule has 0 aliphatic carbocycles. The predicted octanol–water partition coefficient (Wildman–Crippen LogP) is 2.50. The van der Waals surface area contributed by atoms with Gasteiger partial charge in [-0.25, -0.2) is 15.0 Å². The Morgan fingerprint density at radius 1 is 1.39 bits per heavy atom. The summed E-state index contributed by atoms with van der Waals surface area (Å²) in [6.45, 7) is 1.89. The molecule has 0 fully saturated rings. The highest BCUT2D eigenvalue weighted by molar-refractivity contribution is 6.33. The highest BCUT2D eigenvalue weighted by Gasteiger charge is 2.06. The van der Waals surface area contributed by atoms with Gasteiger partial charge < -0.3 is 0 Å². The van der Waals surface area contributed by atoms with Crippen LogP contribution in [0.15, 0.2) is 41.8 Å². The van der Waals surface area contributed by atoms with Gasteiger partial charge in [-0.05, 0) is 24.6 Å². The summed E-state index contributed by atoms with van der Waals surface area (Å²) in [6.07, 6.45) is 2.94. The number of hydrogen-bond donors (Lipinski definition) is 2. The van der Waals surface area contributed by atoms with Crippen molar-refractivity contribution in [1.29, 1.82) is 0 Å². The lowest BCUT2D eigenvalue weighted by atomic mass is 10.2. The lowest BCUT2D eigenvalue weighted by Gasteiger charge is -2.06. The van der Waals surface area contributed by atoms with Crippen LogP contribution in [0, 0.1) is 6.92 Å². The van der Waals surface area contributed by atoms with Crippen molar-refractivity contribution in [2.45, 2.75) is 6.92 Å². The van der Waals surface area contributed by atoms with Gasteiger partial charge >= 0.3 is 0 Å². The standard InChI is InChI=1S/C12H11ClN4O/c1-8-3-2-4-9(11(8)13)16-12(17-18)10-5-6-14-7-15-10/h2-7,18H,1H3,(H,16,17). The Bertz CT molecular complexity index is 572. The first-order chi connectivity index (χ1) is 8.72. The van der Waals surface area contributed by atoms with Gasteiger partial charge in [-0.3, -0.25) is 10.7 Å². The topological polar surface area (TPSA) is 70.4 Å². The van der Waals surface area contributed by atoms with Crippen molar-refractivity contribution in [3.63, 3.8) is 0 Å². The molecule has 2 rings (SSSR count). The second-order valence-corrected chi connectivity index (χ2v) is 3.95. The molecule has 0 atom stereocenters. The summed E-state index contributed by atoms with van der Waals surface area (Å²) in [5.74, 6) is 0.213. The second kappa shape index (κ2) is 5.57. The van der Waals surface area contributed by atoms with Crippen LogP contribution in [-0.4, -0.2) is 21.0 Å². The number of aliphatic imine (C=N–C) groups is 1. The van der Waals surface area contributed by atoms with Crippen LogP contribution in [0.4, 0.5) is 5.69 Å². The molecule has 0 saturated carbocycles. The fourth-order valence-electron chi connectivity index (χ4n) is 1.41. The first-order valence-electron chi connectivity index (χ1n) is 5.22. The van der Waals surface area contributed by atoms with Crippen molar-refractivity contribution >= 4 is 23.1 Å². The summed E-state index contributed by atoms with van der Waals surface area (Å²) in [5.41, 5.74) is 3.97. The van der Waals surface area contributed by atoms with E-state index in [1.807, 2.05) is 24.5 Å². The summed E-state index contributed by atoms with van der Waals surface area (Å²) in [4.78, 5) is 12.0. The van der Waals surface area contributed by atoms with E-state index in [0.717, 1.165) is 5.56 Å². The van der Waals surface area contributed by atoms with Crippen LogP contribution in [0.1, 0.15) is 11.3 Å². The smallest absolute Gasteiger partial charge is 0.176 e. The molecule has 0 bridgehead atoms. The molecule has 0 amide bonds. The van der Waals surface area contributed by atoms with Gasteiger partial charge in [0.25, 0.3) is 0 Å². The molecule has 92 valence electrons. The number of hydroxylamine groups is 1. The second-order valence-electron chi connectivity index (χ2n) is 3.57. The monoisotopic (exact) mass is 262 g/mol. The fourth-order valence-corrected chi connectivity index (χ4v) is 1.58. The van der Waals surface area contributed by atoms with Gasteiger partial charge in [0, 0.05) is 6.20 Å². The van der Waals surface area contributed by atoms with Crippen LogP contribution in [0.2, 0.25) is 5.02 Å². The SMILES string of the molecule is Cc1cccc(N=C(NO)c2ccncn2)c1Cl. The van der Waals surface area contributed by atoms with Crippen LogP contribution >= 0.6 is 11.6 Å². The molecule has 5 nitrogen and oxygen atoms in total. The molecule has 1 aromatic heterocycles. The third-order valence-electron chi connectivity index (χ3n) is 2.33. The summed E-state index contributed by atoms with van der Waals surface area (Å²) in [7, 11) is 0. The highest BCUT2D eigenvalue weighted by atomic mass is 35.5. The minimum absolute atomic E-state index is 0.213. The van der Waals surface area contributed by atoms with Crippen molar-refractivity contribution in [3.8, 4) is 0 Å². The molecule has 0 aliphatic heterocycles. The van der Waals surface area contributed by atoms with Crippen LogP contribution in [-0.2, 0) is 0 Å². The molecule has 0 saturated heterocycles. The largest absolute Gasteiger partial charge is 0.290 e. The fraction of sp³-hybridized carbons (Fsp3) is 0.0833. The van der Waals surface area contributed by atoms with E-state index in [0.29, 0.717) is 16.4 Å². The molecule has 0 aliphatic rings. The summed E-state index contributed by atoms with van der Waals surface area (Å²) >= 11 is 6.13. The minimum atomic E-state index is 0.213. The molecule has 0 spiro atoms. The Labute approximate surface area is 109 Å². The number of benzene rings is 1. The Kier molecular flexibility index (Phi) is 3.86. The molecule has 18 heavy (non-hydrogen) atoms. The molecule has 2 N–H and O–H groups in total. The Morgan fingerprint density at radius 3 is 2.89 bits per heavy atom. The van der Waals surface area contributed by atoms with Gasteiger partial charge in [0.05, 0.1) is 10.7 Å². The molecule has 2 aromatic rings. The first kappa shape index (κ1) is 12.5. The van der Waals surface area contributed by atoms with Gasteiger partial charge in [-0.1, -0.05) is 23.7 Å². The van der Waals surface area contributed by atoms with E-state index in [1.54, 1.807) is 18.3 Å². The van der Waals surface area contributed by atoms with E-state index in [2.05, 4.69) is 15.0 Å². The summed E-state index contributed by atoms with van der Waals surface area (Å²) < 4.78 is 0. The lowest BCUT2D eigenvalue weighted by Crippen LogP contribution is -2.21. The molecule has 0 unspecified atom stereocenters. The third kappa shape index (κ3) is 2.64. The number of amidine groups is 1. The van der Waals surface area contributed by atoms with Crippen LogP contribution in [0.5, 0.6) is 0 Å². The number of hydrogen-bond acceptors (Lipinski definition) is 4. The average Bonchev–Trinajstić information content (AvgIpc) is 2.41. The maximum atomic E-state index is 9.12. The number of halogens is 1. The maximum absolute atomic E-state index is 9.12. The Hall–Kier alpha value is -1.98. The van der Waals surface area contributed by atoms with Crippen LogP contribution in [0.25, 0.3) is 0 Å². The molecular weight excluding hydrogens is 252 g/mol. The van der Waals surface area contributed by atoms with E-state index in [1.165, 1.54) is 6.33 Å². The Balaban J connectivity index is 2.45. The number of nitrogens with one attached hydrogen (secondary N) is 1. The minimum Gasteiger partial charge on any atom is -0.290 e. The molecule has 0 radical (unpaired) electrons. The maximum Gasteiger partial charge on any atom is 0.176 e. The molecular formula is C12H11ClN4O. The van der Waals surface area contributed by atoms with E-state index in [-0.39, 0.29) is 5.84 Å². The predicted molar refractivity (Wildman–Crippen MR) is 69.3 cm³/mol. The summed E-state index contributed by atoms with van der Waals surface area (Å²) in [5, 5.41) is 9.66. The lowest BCUT2D eigenvalue weighted by molar-refractivity contribution is 0.235. The van der Waals surface area contributed by atoms with Gasteiger partial charge in [0.15, 0.2) is 5.84 Å². The first-order valence-corrected chi connectivity index (χ1v) is 5.60. The van der Waals surface area contributed by atoms with Crippen LogP contribution < -0.4 is 5.48 Å². The quantitative estimate of drug-likeness (QED) is 0.496. The van der Waals surface area contributed by atoms with Crippen molar-refractivity contribution in [2.24, 2.45) is 4.99 Å². The number of rotatable bonds is 2. The van der Waals surface area contributed by atoms with E-state index in [4.69, 9.17) is 16.8 Å². The molecule has 1 aromatic carbocycles. The number of aromatic nitrogens is 2. The average molecular weight is 263 g/mol. The van der Waals surface area contributed by atoms with Crippen LogP contribution in [0.3, 0.4) is 0 Å². The zero-order valence-electron chi connectivity index (χ0n) is 9.63. The number of nitrogens with zero attached hydrogens (tertiary/aromatic N) is 3. The Morgan fingerprint density at radius 2 is 2.22 bits per heavy atom. The van der Waals surface area contributed by atoms with Gasteiger partial charge in [0.1, 0.15) is 12.0 Å². The van der Waals surface area contributed by atoms with Gasteiger partial charge in [0.2, 0.25) is 0 Å². The van der Waals surface area contributed by atoms with E-state index < -0.39 is 0 Å². The zero-order chi connectivity index (χ0) is 13.0. The highest BCUT2D eigenvalue weighted by Crippen LogP contribution is 2.28. The normalized spacial score (nSPS) is 11.4. The van der Waals surface area contributed by atoms with E-state index >= 15 is 0 Å². The van der Waals surface area contributed by atoms with E-state index in [9.17, 15) is 0 Å². The zero-order valence-corrected chi connectivity index (χ0v) is 10.4. The number of aryl methyl sites for hydroxylation is 1. The molecule has 6 heteroatoms. The van der Waals surface area contributed by atoms with Crippen molar-refractivity contribution in [3.05, 3.63) is 53.1 Å². The van der Waals surface area contributed by atoms with Crippen molar-refractivity contribution < 1.29 is 5.21 Å². The third-order valence-corrected chi connectivity index (χ3v) is 2.83. The van der Waals surface area contributed by atoms with Crippen molar-refractivity contribution in [2.75, 3.05) is 0 Å². The summed E-state index contributed by atoms with van der Waals surface area (Å²) in [6, 6.07) is 7.12. The van der Waals surface area contributed by atoms with Crippen molar-refractivity contribution in [1.82, 2.24) is 15.4 Å². The molecule has 1 heterocycles.